The maximum Gasteiger partial charge on any atom is 0.417 e. The highest BCUT2D eigenvalue weighted by Crippen LogP contribution is 2.44. The molecule has 1 N–H and O–H groups in total. The summed E-state index contributed by atoms with van der Waals surface area (Å²) in [5, 5.41) is 2.51. The van der Waals surface area contributed by atoms with E-state index in [1.54, 1.807) is 0 Å². The van der Waals surface area contributed by atoms with Crippen molar-refractivity contribution in [2.75, 3.05) is 20.3 Å². The third-order valence-corrected chi connectivity index (χ3v) is 3.28. The topological polar surface area (TPSA) is 47.6 Å². The molecular weight excluding hydrogens is 251 g/mol. The van der Waals surface area contributed by atoms with Crippen molar-refractivity contribution in [3.8, 4) is 0 Å². The molecule has 0 spiro atoms. The van der Waals surface area contributed by atoms with Crippen LogP contribution in [0.1, 0.15) is 25.7 Å². The van der Waals surface area contributed by atoms with Gasteiger partial charge in [0.25, 0.3) is 0 Å². The molecule has 7 heteroatoms. The minimum atomic E-state index is -4.40. The van der Waals surface area contributed by atoms with Crippen LogP contribution < -0.4 is 5.32 Å². The van der Waals surface area contributed by atoms with Gasteiger partial charge in [-0.25, -0.2) is 0 Å². The lowest BCUT2D eigenvalue weighted by atomic mass is 9.81. The second-order valence-corrected chi connectivity index (χ2v) is 4.39. The maximum absolute atomic E-state index is 13.1. The molecule has 0 atom stereocenters. The van der Waals surface area contributed by atoms with Crippen LogP contribution in [-0.4, -0.2) is 44.6 Å². The first kappa shape index (κ1) is 15.2. The third kappa shape index (κ3) is 3.58. The largest absolute Gasteiger partial charge is 0.417 e. The Bertz CT molecular complexity index is 263. The molecule has 0 heterocycles. The number of carbonyl (C=O) groups excluding carboxylic acids is 1. The lowest BCUT2D eigenvalue weighted by Crippen LogP contribution is -2.52. The second kappa shape index (κ2) is 6.38. The lowest BCUT2D eigenvalue weighted by molar-refractivity contribution is -0.290. The van der Waals surface area contributed by atoms with Gasteiger partial charge in [-0.3, -0.25) is 4.79 Å². The normalized spacial score (nSPS) is 29.0. The van der Waals surface area contributed by atoms with E-state index in [4.69, 9.17) is 9.47 Å². The van der Waals surface area contributed by atoms with E-state index in [0.717, 1.165) is 0 Å². The predicted molar refractivity (Wildman–Crippen MR) is 58.1 cm³/mol. The Balaban J connectivity index is 2.61. The highest BCUT2D eigenvalue weighted by Gasteiger charge is 2.56. The lowest BCUT2D eigenvalue weighted by Gasteiger charge is -2.40. The fourth-order valence-corrected chi connectivity index (χ4v) is 2.18. The van der Waals surface area contributed by atoms with E-state index in [1.807, 2.05) is 0 Å². The first-order valence-electron chi connectivity index (χ1n) is 5.84. The Hall–Kier alpha value is -0.820. The molecule has 0 aromatic carbocycles. The summed E-state index contributed by atoms with van der Waals surface area (Å²) in [5.74, 6) is 0. The minimum absolute atomic E-state index is 0.0816. The molecule has 1 aliphatic rings. The molecule has 0 aromatic rings. The molecule has 0 unspecified atom stereocenters. The molecule has 1 amide bonds. The second-order valence-electron chi connectivity index (χ2n) is 4.39. The first-order chi connectivity index (χ1) is 8.45. The molecule has 4 nitrogen and oxygen atoms in total. The van der Waals surface area contributed by atoms with Gasteiger partial charge in [0, 0.05) is 13.2 Å². The number of halogens is 3. The van der Waals surface area contributed by atoms with Crippen molar-refractivity contribution in [2.24, 2.45) is 0 Å². The van der Waals surface area contributed by atoms with Crippen LogP contribution >= 0.6 is 0 Å². The van der Waals surface area contributed by atoms with Crippen LogP contribution in [0.2, 0.25) is 0 Å². The molecule has 18 heavy (non-hydrogen) atoms. The molecular formula is C11H18F3NO3. The minimum Gasteiger partial charge on any atom is -0.382 e. The van der Waals surface area contributed by atoms with Crippen LogP contribution in [0.5, 0.6) is 0 Å². The Morgan fingerprint density at radius 3 is 2.39 bits per heavy atom. The van der Waals surface area contributed by atoms with Crippen molar-refractivity contribution in [1.82, 2.24) is 5.32 Å². The number of nitrogens with one attached hydrogen (secondary N) is 1. The van der Waals surface area contributed by atoms with Crippen LogP contribution in [0.15, 0.2) is 0 Å². The standard InChI is InChI=1S/C11H18F3NO3/c1-17-6-7-18-10(11(12,13)14)4-2-9(3-5-10)15-8-16/h8-9H,2-7H2,1H3,(H,15,16). The van der Waals surface area contributed by atoms with E-state index < -0.39 is 11.8 Å². The summed E-state index contributed by atoms with van der Waals surface area (Å²) < 4.78 is 49.0. The van der Waals surface area contributed by atoms with Gasteiger partial charge >= 0.3 is 6.18 Å². The maximum atomic E-state index is 13.1. The SMILES string of the molecule is COCCOC1(C(F)(F)F)CCC(NC=O)CC1. The highest BCUT2D eigenvalue weighted by molar-refractivity contribution is 5.46. The van der Waals surface area contributed by atoms with Crippen LogP contribution in [0.25, 0.3) is 0 Å². The number of carbonyl (C=O) groups is 1. The van der Waals surface area contributed by atoms with Gasteiger partial charge in [-0.05, 0) is 25.7 Å². The molecule has 0 bridgehead atoms. The Kier molecular flexibility index (Phi) is 5.40. The zero-order valence-corrected chi connectivity index (χ0v) is 10.3. The van der Waals surface area contributed by atoms with Crippen molar-refractivity contribution in [3.05, 3.63) is 0 Å². The third-order valence-electron chi connectivity index (χ3n) is 3.28. The van der Waals surface area contributed by atoms with Crippen LogP contribution in [0.4, 0.5) is 13.2 Å². The molecule has 106 valence electrons. The Labute approximate surface area is 104 Å². The summed E-state index contributed by atoms with van der Waals surface area (Å²) in [6.07, 6.45) is -3.60. The molecule has 1 rings (SSSR count). The van der Waals surface area contributed by atoms with Crippen molar-refractivity contribution in [3.63, 3.8) is 0 Å². The smallest absolute Gasteiger partial charge is 0.382 e. The number of ether oxygens (including phenoxy) is 2. The quantitative estimate of drug-likeness (QED) is 0.589. The van der Waals surface area contributed by atoms with Gasteiger partial charge in [-0.1, -0.05) is 0 Å². The molecule has 1 saturated carbocycles. The van der Waals surface area contributed by atoms with Crippen LogP contribution in [0, 0.1) is 0 Å². The number of rotatable bonds is 6. The van der Waals surface area contributed by atoms with E-state index >= 15 is 0 Å². The Morgan fingerprint density at radius 2 is 1.94 bits per heavy atom. The van der Waals surface area contributed by atoms with E-state index in [0.29, 0.717) is 6.41 Å². The first-order valence-corrected chi connectivity index (χ1v) is 5.84. The summed E-state index contributed by atoms with van der Waals surface area (Å²) in [7, 11) is 1.41. The molecule has 1 aliphatic carbocycles. The van der Waals surface area contributed by atoms with Gasteiger partial charge in [-0.2, -0.15) is 13.2 Å². The summed E-state index contributed by atoms with van der Waals surface area (Å²) in [5.41, 5.74) is -2.09. The van der Waals surface area contributed by atoms with E-state index in [2.05, 4.69) is 5.32 Å². The van der Waals surface area contributed by atoms with Gasteiger partial charge in [0.1, 0.15) is 0 Å². The molecule has 0 aromatic heterocycles. The van der Waals surface area contributed by atoms with Gasteiger partial charge < -0.3 is 14.8 Å². The van der Waals surface area contributed by atoms with Crippen molar-refractivity contribution in [2.45, 2.75) is 43.5 Å². The summed E-state index contributed by atoms with van der Waals surface area (Å²) in [4.78, 5) is 10.3. The number of methoxy groups -OCH3 is 1. The summed E-state index contributed by atoms with van der Waals surface area (Å²) >= 11 is 0. The van der Waals surface area contributed by atoms with E-state index in [9.17, 15) is 18.0 Å². The highest BCUT2D eigenvalue weighted by atomic mass is 19.4. The molecule has 0 radical (unpaired) electrons. The summed E-state index contributed by atoms with van der Waals surface area (Å²) in [6.45, 7) is 0.0512. The fraction of sp³-hybridized carbons (Fsp3) is 0.909. The van der Waals surface area contributed by atoms with E-state index in [-0.39, 0.29) is 44.9 Å². The van der Waals surface area contributed by atoms with Gasteiger partial charge in [0.2, 0.25) is 6.41 Å². The Morgan fingerprint density at radius 1 is 1.33 bits per heavy atom. The zero-order chi connectivity index (χ0) is 13.6. The monoisotopic (exact) mass is 269 g/mol. The predicted octanol–water partition coefficient (Wildman–Crippen LogP) is 1.64. The fourth-order valence-electron chi connectivity index (χ4n) is 2.18. The zero-order valence-electron chi connectivity index (χ0n) is 10.3. The van der Waals surface area contributed by atoms with E-state index in [1.165, 1.54) is 7.11 Å². The number of hydrogen-bond donors (Lipinski definition) is 1. The average Bonchev–Trinajstić information content (AvgIpc) is 2.31. The number of amides is 1. The van der Waals surface area contributed by atoms with Crippen molar-refractivity contribution >= 4 is 6.41 Å². The van der Waals surface area contributed by atoms with Gasteiger partial charge in [0.05, 0.1) is 13.2 Å². The average molecular weight is 269 g/mol. The molecule has 1 fully saturated rings. The van der Waals surface area contributed by atoms with Gasteiger partial charge in [-0.15, -0.1) is 0 Å². The van der Waals surface area contributed by atoms with Crippen molar-refractivity contribution < 1.29 is 27.4 Å². The van der Waals surface area contributed by atoms with Crippen molar-refractivity contribution in [1.29, 1.82) is 0 Å². The number of alkyl halides is 3. The van der Waals surface area contributed by atoms with Gasteiger partial charge in [0.15, 0.2) is 5.60 Å². The summed E-state index contributed by atoms with van der Waals surface area (Å²) in [6, 6.07) is -0.191. The van der Waals surface area contributed by atoms with Crippen LogP contribution in [-0.2, 0) is 14.3 Å². The molecule has 0 saturated heterocycles. The van der Waals surface area contributed by atoms with Crippen LogP contribution in [0.3, 0.4) is 0 Å². The number of hydrogen-bond acceptors (Lipinski definition) is 3. The molecule has 0 aliphatic heterocycles.